The highest BCUT2D eigenvalue weighted by molar-refractivity contribution is 6.00. The van der Waals surface area contributed by atoms with Crippen molar-refractivity contribution in [1.29, 1.82) is 0 Å². The Labute approximate surface area is 326 Å². The third-order valence-electron chi connectivity index (χ3n) is 11.3. The highest BCUT2D eigenvalue weighted by atomic mass is 16.6. The molecule has 3 aromatic carbocycles. The van der Waals surface area contributed by atoms with Gasteiger partial charge < -0.3 is 30.9 Å². The second-order valence-electron chi connectivity index (χ2n) is 16.5. The molecule has 3 atom stereocenters. The summed E-state index contributed by atoms with van der Waals surface area (Å²) in [7, 11) is 0. The standard InChI is InChI=1S/C43H51N7O6/c1-25-19-30(41(54)50-18-17-32-23-44-40(53)37(32)50)14-16-34(25)28-9-5-26(6-10-28)20-36(39(52)47-33-15-13-31-24-46-49-35(31)21-33)48-38(51)29-11-7-27(8-12-29)22-45-42(55)56-43(2,3)4/h5-6,9-10,13-16,19,21,24,27,29,32,36-37H,7-8,11-12,17-18,20,22-23H2,1-4H3,(H,44,53)(H,45,55)(H,46,49)(H,47,52)(H,48,51). The number of carbonyl (C=O) groups excluding carboxylic acids is 5. The van der Waals surface area contributed by atoms with Crippen molar-refractivity contribution < 1.29 is 28.7 Å². The zero-order valence-electron chi connectivity index (χ0n) is 32.4. The second-order valence-corrected chi connectivity index (χ2v) is 16.5. The molecule has 13 nitrogen and oxygen atoms in total. The number of nitrogens with zero attached hydrogens (tertiary/aromatic N) is 2. The van der Waals surface area contributed by atoms with Gasteiger partial charge in [-0.1, -0.05) is 30.3 Å². The first-order valence-electron chi connectivity index (χ1n) is 19.6. The first-order chi connectivity index (χ1) is 26.8. The Bertz CT molecular complexity index is 2110. The Morgan fingerprint density at radius 3 is 2.46 bits per heavy atom. The number of alkyl carbamates (subject to hydrolysis) is 1. The predicted molar refractivity (Wildman–Crippen MR) is 213 cm³/mol. The zero-order chi connectivity index (χ0) is 39.6. The molecule has 5 amide bonds. The number of fused-ring (bicyclic) bond motifs is 2. The van der Waals surface area contributed by atoms with Crippen molar-refractivity contribution in [3.63, 3.8) is 0 Å². The Balaban J connectivity index is 1.01. The van der Waals surface area contributed by atoms with E-state index in [1.54, 1.807) is 11.1 Å². The summed E-state index contributed by atoms with van der Waals surface area (Å²) < 4.78 is 5.36. The van der Waals surface area contributed by atoms with Crippen LogP contribution in [0.15, 0.2) is 66.9 Å². The first kappa shape index (κ1) is 38.6. The molecule has 1 aliphatic carbocycles. The maximum Gasteiger partial charge on any atom is 0.407 e. The van der Waals surface area contributed by atoms with Crippen LogP contribution in [0, 0.1) is 24.7 Å². The summed E-state index contributed by atoms with van der Waals surface area (Å²) in [5.41, 5.74) is 5.11. The van der Waals surface area contributed by atoms with E-state index in [1.165, 1.54) is 0 Å². The molecule has 3 fully saturated rings. The summed E-state index contributed by atoms with van der Waals surface area (Å²) in [4.78, 5) is 67.2. The fourth-order valence-electron chi connectivity index (χ4n) is 8.25. The topological polar surface area (TPSA) is 175 Å². The highest BCUT2D eigenvalue weighted by Crippen LogP contribution is 2.32. The predicted octanol–water partition coefficient (Wildman–Crippen LogP) is 5.50. The number of amides is 5. The van der Waals surface area contributed by atoms with Gasteiger partial charge in [0.2, 0.25) is 17.7 Å². The van der Waals surface area contributed by atoms with E-state index in [-0.39, 0.29) is 53.8 Å². The van der Waals surface area contributed by atoms with E-state index < -0.39 is 17.7 Å². The molecule has 56 heavy (non-hydrogen) atoms. The number of aromatic amines is 1. The lowest BCUT2D eigenvalue weighted by molar-refractivity contribution is -0.130. The number of hydrogen-bond donors (Lipinski definition) is 5. The van der Waals surface area contributed by atoms with E-state index in [1.807, 2.05) is 88.4 Å². The summed E-state index contributed by atoms with van der Waals surface area (Å²) in [5.74, 6) is -0.505. The van der Waals surface area contributed by atoms with E-state index in [4.69, 9.17) is 4.74 Å². The average molecular weight is 762 g/mol. The fourth-order valence-corrected chi connectivity index (χ4v) is 8.25. The summed E-state index contributed by atoms with van der Waals surface area (Å²) in [5, 5.41) is 19.7. The van der Waals surface area contributed by atoms with Crippen LogP contribution in [0.5, 0.6) is 0 Å². The summed E-state index contributed by atoms with van der Waals surface area (Å²) >= 11 is 0. The van der Waals surface area contributed by atoms with Gasteiger partial charge in [0.1, 0.15) is 17.7 Å². The molecule has 1 aromatic heterocycles. The van der Waals surface area contributed by atoms with Crippen LogP contribution >= 0.6 is 0 Å². The third-order valence-corrected chi connectivity index (χ3v) is 11.3. The van der Waals surface area contributed by atoms with Crippen LogP contribution in [-0.2, 0) is 25.5 Å². The Morgan fingerprint density at radius 2 is 1.73 bits per heavy atom. The Morgan fingerprint density at radius 1 is 0.964 bits per heavy atom. The Hall–Kier alpha value is -5.72. The first-order valence-corrected chi connectivity index (χ1v) is 19.6. The van der Waals surface area contributed by atoms with Gasteiger partial charge in [-0.15, -0.1) is 0 Å². The number of ether oxygens (including phenoxy) is 1. The average Bonchev–Trinajstić information content (AvgIpc) is 3.91. The lowest BCUT2D eigenvalue weighted by Crippen LogP contribution is -2.48. The molecule has 3 heterocycles. The number of aromatic nitrogens is 2. The number of hydrogen-bond acceptors (Lipinski definition) is 7. The van der Waals surface area contributed by atoms with Crippen LogP contribution in [0.25, 0.3) is 22.0 Å². The molecular formula is C43H51N7O6. The lowest BCUT2D eigenvalue weighted by Gasteiger charge is -2.29. The molecule has 7 rings (SSSR count). The Kier molecular flexibility index (Phi) is 11.1. The quantitative estimate of drug-likeness (QED) is 0.142. The molecule has 3 unspecified atom stereocenters. The van der Waals surface area contributed by atoms with Crippen molar-refractivity contribution in [2.45, 2.75) is 83.9 Å². The third kappa shape index (κ3) is 8.87. The van der Waals surface area contributed by atoms with Crippen LogP contribution in [0.3, 0.4) is 0 Å². The van der Waals surface area contributed by atoms with Crippen molar-refractivity contribution in [3.05, 3.63) is 83.6 Å². The highest BCUT2D eigenvalue weighted by Gasteiger charge is 2.45. The maximum absolute atomic E-state index is 13.8. The minimum atomic E-state index is -0.837. The van der Waals surface area contributed by atoms with Gasteiger partial charge >= 0.3 is 6.09 Å². The van der Waals surface area contributed by atoms with Gasteiger partial charge in [-0.2, -0.15) is 5.10 Å². The van der Waals surface area contributed by atoms with E-state index in [0.29, 0.717) is 43.7 Å². The van der Waals surface area contributed by atoms with Gasteiger partial charge in [-0.05, 0) is 118 Å². The smallest absolute Gasteiger partial charge is 0.407 e. The van der Waals surface area contributed by atoms with E-state index in [2.05, 4.69) is 31.5 Å². The molecule has 0 spiro atoms. The number of likely N-dealkylation sites (tertiary alicyclic amines) is 1. The van der Waals surface area contributed by atoms with Crippen LogP contribution in [-0.4, -0.2) is 82.1 Å². The molecule has 294 valence electrons. The molecule has 5 N–H and O–H groups in total. The van der Waals surface area contributed by atoms with Gasteiger partial charge in [0, 0.05) is 54.5 Å². The number of H-pyrrole nitrogens is 1. The minimum Gasteiger partial charge on any atom is -0.444 e. The largest absolute Gasteiger partial charge is 0.444 e. The zero-order valence-corrected chi connectivity index (χ0v) is 32.4. The van der Waals surface area contributed by atoms with Gasteiger partial charge in [0.25, 0.3) is 5.91 Å². The SMILES string of the molecule is Cc1cc(C(=O)N2CCC3CNC(=O)C32)ccc1-c1ccc(CC(NC(=O)C2CCC(CNC(=O)OC(C)(C)C)CC2)C(=O)Nc2ccc3cn[nH]c3c2)cc1. The van der Waals surface area contributed by atoms with Crippen LogP contribution in [0.2, 0.25) is 0 Å². The lowest BCUT2D eigenvalue weighted by atomic mass is 9.81. The molecule has 3 aliphatic rings. The van der Waals surface area contributed by atoms with Crippen LogP contribution in [0.4, 0.5) is 10.5 Å². The molecule has 2 saturated heterocycles. The monoisotopic (exact) mass is 761 g/mol. The second kappa shape index (κ2) is 16.2. The summed E-state index contributed by atoms with van der Waals surface area (Å²) in [6.45, 7) is 9.15. The number of anilines is 1. The van der Waals surface area contributed by atoms with Gasteiger partial charge in [-0.25, -0.2) is 4.79 Å². The summed E-state index contributed by atoms with van der Waals surface area (Å²) in [6.07, 6.45) is 5.24. The van der Waals surface area contributed by atoms with Crippen molar-refractivity contribution >= 4 is 46.3 Å². The minimum absolute atomic E-state index is 0.0714. The number of aryl methyl sites for hydroxylation is 1. The molecule has 0 bridgehead atoms. The number of rotatable bonds is 10. The van der Waals surface area contributed by atoms with Gasteiger partial charge in [-0.3, -0.25) is 24.3 Å². The summed E-state index contributed by atoms with van der Waals surface area (Å²) in [6, 6.07) is 17.8. The molecule has 2 aliphatic heterocycles. The number of benzene rings is 3. The molecule has 1 saturated carbocycles. The fraction of sp³-hybridized carbons (Fsp3) is 0.442. The maximum atomic E-state index is 13.8. The van der Waals surface area contributed by atoms with Crippen molar-refractivity contribution in [2.24, 2.45) is 17.8 Å². The van der Waals surface area contributed by atoms with Gasteiger partial charge in [0.15, 0.2) is 0 Å². The molecular weight excluding hydrogens is 711 g/mol. The van der Waals surface area contributed by atoms with E-state index in [9.17, 15) is 24.0 Å². The van der Waals surface area contributed by atoms with Crippen molar-refractivity contribution in [1.82, 2.24) is 31.0 Å². The molecule has 13 heteroatoms. The van der Waals surface area contributed by atoms with Crippen LogP contribution in [0.1, 0.15) is 74.4 Å². The van der Waals surface area contributed by atoms with E-state index >= 15 is 0 Å². The van der Waals surface area contributed by atoms with E-state index in [0.717, 1.165) is 52.4 Å². The molecule has 4 aromatic rings. The number of nitrogens with one attached hydrogen (secondary N) is 5. The van der Waals surface area contributed by atoms with Crippen molar-refractivity contribution in [3.8, 4) is 11.1 Å². The normalized spacial score (nSPS) is 21.2. The van der Waals surface area contributed by atoms with Crippen LogP contribution < -0.4 is 21.3 Å². The number of carbonyl (C=O) groups is 5. The van der Waals surface area contributed by atoms with Crippen molar-refractivity contribution in [2.75, 3.05) is 25.0 Å². The van der Waals surface area contributed by atoms with Gasteiger partial charge in [0.05, 0.1) is 11.7 Å². The molecule has 0 radical (unpaired) electrons.